The molecule has 0 aliphatic carbocycles. The molecule has 1 heterocycles. The van der Waals surface area contributed by atoms with Gasteiger partial charge in [0.2, 0.25) is 0 Å². The monoisotopic (exact) mass is 237 g/mol. The van der Waals surface area contributed by atoms with Crippen molar-refractivity contribution in [1.82, 2.24) is 9.97 Å². The fourth-order valence-electron chi connectivity index (χ4n) is 1.05. The van der Waals surface area contributed by atoms with E-state index in [0.717, 1.165) is 5.57 Å². The first-order valence-corrected chi connectivity index (χ1v) is 5.11. The van der Waals surface area contributed by atoms with E-state index in [1.807, 2.05) is 6.92 Å². The van der Waals surface area contributed by atoms with Gasteiger partial charge in [0.25, 0.3) is 0 Å². The van der Waals surface area contributed by atoms with Crippen molar-refractivity contribution in [3.8, 4) is 0 Å². The fraction of sp³-hybridized carbons (Fsp3) is 0.364. The highest BCUT2D eigenvalue weighted by molar-refractivity contribution is 5.85. The average Bonchev–Trinajstić information content (AvgIpc) is 2.28. The molecule has 2 N–H and O–H groups in total. The predicted octanol–water partition coefficient (Wildman–Crippen LogP) is 1.18. The van der Waals surface area contributed by atoms with Gasteiger partial charge in [-0.3, -0.25) is 4.98 Å². The summed E-state index contributed by atoms with van der Waals surface area (Å²) in [6.45, 7) is 7.13. The molecule has 0 radical (unpaired) electrons. The van der Waals surface area contributed by atoms with Gasteiger partial charge in [-0.2, -0.15) is 0 Å². The van der Waals surface area contributed by atoms with Crippen molar-refractivity contribution < 1.29 is 14.6 Å². The van der Waals surface area contributed by atoms with Gasteiger partial charge in [-0.05, 0) is 6.92 Å². The number of hydrogen-bond acceptors (Lipinski definition) is 5. The summed E-state index contributed by atoms with van der Waals surface area (Å²) >= 11 is 0. The van der Waals surface area contributed by atoms with Crippen molar-refractivity contribution in [2.45, 2.75) is 6.92 Å². The molecule has 1 rings (SSSR count). The Labute approximate surface area is 99.4 Å². The summed E-state index contributed by atoms with van der Waals surface area (Å²) in [4.78, 5) is 18.3. The minimum absolute atomic E-state index is 0.0853. The largest absolute Gasteiger partial charge is 0.476 e. The molecule has 1 aromatic rings. The zero-order valence-corrected chi connectivity index (χ0v) is 9.64. The van der Waals surface area contributed by atoms with Crippen LogP contribution in [-0.2, 0) is 4.74 Å². The number of carbonyl (C=O) groups is 1. The lowest BCUT2D eigenvalue weighted by Crippen LogP contribution is -2.12. The van der Waals surface area contributed by atoms with E-state index < -0.39 is 5.97 Å². The topological polar surface area (TPSA) is 84.3 Å². The molecular formula is C11H15N3O3. The molecule has 6 heteroatoms. The van der Waals surface area contributed by atoms with Gasteiger partial charge >= 0.3 is 5.97 Å². The second-order valence-electron chi connectivity index (χ2n) is 3.53. The highest BCUT2D eigenvalue weighted by Crippen LogP contribution is 2.01. The molecule has 0 bridgehead atoms. The molecule has 0 aliphatic rings. The Morgan fingerprint density at radius 1 is 1.59 bits per heavy atom. The molecule has 0 spiro atoms. The summed E-state index contributed by atoms with van der Waals surface area (Å²) in [7, 11) is 0. The Balaban J connectivity index is 2.34. The maximum absolute atomic E-state index is 10.6. The number of carboxylic acids is 1. The highest BCUT2D eigenvalue weighted by Gasteiger charge is 2.05. The number of anilines is 1. The van der Waals surface area contributed by atoms with Gasteiger partial charge in [0.1, 0.15) is 5.82 Å². The van der Waals surface area contributed by atoms with E-state index in [1.165, 1.54) is 12.4 Å². The second-order valence-corrected chi connectivity index (χ2v) is 3.53. The third-order valence-corrected chi connectivity index (χ3v) is 1.75. The van der Waals surface area contributed by atoms with E-state index in [-0.39, 0.29) is 5.69 Å². The number of ether oxygens (including phenoxy) is 1. The van der Waals surface area contributed by atoms with E-state index in [0.29, 0.717) is 25.6 Å². The van der Waals surface area contributed by atoms with Crippen LogP contribution in [-0.4, -0.2) is 40.8 Å². The van der Waals surface area contributed by atoms with Crippen molar-refractivity contribution in [3.05, 3.63) is 30.2 Å². The molecule has 0 saturated heterocycles. The number of carboxylic acid groups (broad SMARTS) is 1. The third kappa shape index (κ3) is 5.07. The maximum Gasteiger partial charge on any atom is 0.356 e. The standard InChI is InChI=1S/C11H15N3O3/c1-8(2)7-17-4-3-13-10-6-12-5-9(14-10)11(15)16/h5-6H,1,3-4,7H2,2H3,(H,13,14)(H,15,16). The lowest BCUT2D eigenvalue weighted by molar-refractivity contribution is 0.0690. The predicted molar refractivity (Wildman–Crippen MR) is 63.1 cm³/mol. The zero-order valence-electron chi connectivity index (χ0n) is 9.64. The fourth-order valence-corrected chi connectivity index (χ4v) is 1.05. The van der Waals surface area contributed by atoms with Crippen LogP contribution in [0.2, 0.25) is 0 Å². The van der Waals surface area contributed by atoms with Crippen molar-refractivity contribution in [2.75, 3.05) is 25.1 Å². The number of nitrogens with zero attached hydrogens (tertiary/aromatic N) is 2. The molecule has 0 aliphatic heterocycles. The molecule has 0 saturated carbocycles. The Morgan fingerprint density at radius 3 is 3.00 bits per heavy atom. The van der Waals surface area contributed by atoms with Gasteiger partial charge in [-0.25, -0.2) is 9.78 Å². The van der Waals surface area contributed by atoms with E-state index in [4.69, 9.17) is 9.84 Å². The molecule has 0 atom stereocenters. The number of rotatable bonds is 7. The van der Waals surface area contributed by atoms with Crippen LogP contribution >= 0.6 is 0 Å². The summed E-state index contributed by atoms with van der Waals surface area (Å²) < 4.78 is 5.27. The summed E-state index contributed by atoms with van der Waals surface area (Å²) in [5.41, 5.74) is 0.871. The number of aromatic nitrogens is 2. The summed E-state index contributed by atoms with van der Waals surface area (Å²) in [5, 5.41) is 11.6. The van der Waals surface area contributed by atoms with Gasteiger partial charge in [0.05, 0.1) is 25.6 Å². The molecule has 0 unspecified atom stereocenters. The Hall–Kier alpha value is -1.95. The molecule has 1 aromatic heterocycles. The van der Waals surface area contributed by atoms with E-state index in [2.05, 4.69) is 21.9 Å². The van der Waals surface area contributed by atoms with Crippen LogP contribution in [0, 0.1) is 0 Å². The number of nitrogens with one attached hydrogen (secondary N) is 1. The Bertz CT molecular complexity index is 407. The molecule has 0 amide bonds. The lowest BCUT2D eigenvalue weighted by Gasteiger charge is -2.06. The van der Waals surface area contributed by atoms with Crippen molar-refractivity contribution in [3.63, 3.8) is 0 Å². The number of aromatic carboxylic acids is 1. The van der Waals surface area contributed by atoms with Gasteiger partial charge in [-0.15, -0.1) is 0 Å². The van der Waals surface area contributed by atoms with Gasteiger partial charge in [0, 0.05) is 6.54 Å². The minimum Gasteiger partial charge on any atom is -0.476 e. The van der Waals surface area contributed by atoms with E-state index >= 15 is 0 Å². The summed E-state index contributed by atoms with van der Waals surface area (Å²) in [6, 6.07) is 0. The molecule has 92 valence electrons. The van der Waals surface area contributed by atoms with Crippen molar-refractivity contribution in [2.24, 2.45) is 0 Å². The molecule has 17 heavy (non-hydrogen) atoms. The van der Waals surface area contributed by atoms with Crippen molar-refractivity contribution >= 4 is 11.8 Å². The second kappa shape index (κ2) is 6.59. The zero-order chi connectivity index (χ0) is 12.7. The van der Waals surface area contributed by atoms with Crippen molar-refractivity contribution in [1.29, 1.82) is 0 Å². The van der Waals surface area contributed by atoms with Gasteiger partial charge in [-0.1, -0.05) is 12.2 Å². The molecule has 0 aromatic carbocycles. The van der Waals surface area contributed by atoms with Gasteiger partial charge < -0.3 is 15.2 Å². The first kappa shape index (κ1) is 13.1. The molecule has 6 nitrogen and oxygen atoms in total. The first-order valence-electron chi connectivity index (χ1n) is 5.11. The first-order chi connectivity index (χ1) is 8.09. The van der Waals surface area contributed by atoms with Crippen LogP contribution in [0.4, 0.5) is 5.82 Å². The summed E-state index contributed by atoms with van der Waals surface area (Å²) in [5.74, 6) is -0.677. The number of hydrogen-bond donors (Lipinski definition) is 2. The van der Waals surface area contributed by atoms with Gasteiger partial charge in [0.15, 0.2) is 5.69 Å². The van der Waals surface area contributed by atoms with Crippen LogP contribution < -0.4 is 5.32 Å². The van der Waals surface area contributed by atoms with E-state index in [9.17, 15) is 4.79 Å². The SMILES string of the molecule is C=C(C)COCCNc1cncc(C(=O)O)n1. The molecule has 0 fully saturated rings. The Kier molecular flexibility index (Phi) is 5.09. The third-order valence-electron chi connectivity index (χ3n) is 1.75. The van der Waals surface area contributed by atoms with E-state index in [1.54, 1.807) is 0 Å². The Morgan fingerprint density at radius 2 is 2.35 bits per heavy atom. The quantitative estimate of drug-likeness (QED) is 0.547. The average molecular weight is 237 g/mol. The molecular weight excluding hydrogens is 222 g/mol. The smallest absolute Gasteiger partial charge is 0.356 e. The van der Waals surface area contributed by atoms with Crippen LogP contribution in [0.25, 0.3) is 0 Å². The highest BCUT2D eigenvalue weighted by atomic mass is 16.5. The van der Waals surface area contributed by atoms with Crippen LogP contribution in [0.15, 0.2) is 24.5 Å². The lowest BCUT2D eigenvalue weighted by atomic mass is 10.4. The minimum atomic E-state index is -1.10. The maximum atomic E-state index is 10.6. The summed E-state index contributed by atoms with van der Waals surface area (Å²) in [6.07, 6.45) is 2.66. The van der Waals surface area contributed by atoms with Crippen LogP contribution in [0.1, 0.15) is 17.4 Å². The normalized spacial score (nSPS) is 9.94. The van der Waals surface area contributed by atoms with Crippen LogP contribution in [0.5, 0.6) is 0 Å². The van der Waals surface area contributed by atoms with Crippen LogP contribution in [0.3, 0.4) is 0 Å².